The maximum atomic E-state index is 9.60. The second-order valence-corrected chi connectivity index (χ2v) is 7.78. The van der Waals surface area contributed by atoms with E-state index in [4.69, 9.17) is 4.74 Å². The van der Waals surface area contributed by atoms with Crippen LogP contribution in [-0.2, 0) is 6.54 Å². The summed E-state index contributed by atoms with van der Waals surface area (Å²) < 4.78 is 5.14. The van der Waals surface area contributed by atoms with Gasteiger partial charge >= 0.3 is 0 Å². The van der Waals surface area contributed by atoms with Crippen molar-refractivity contribution in [1.29, 1.82) is 0 Å². The van der Waals surface area contributed by atoms with Gasteiger partial charge in [0.15, 0.2) is 11.5 Å². The van der Waals surface area contributed by atoms with E-state index in [1.54, 1.807) is 13.2 Å². The minimum absolute atomic E-state index is 0.202. The molecule has 0 fully saturated rings. The van der Waals surface area contributed by atoms with E-state index in [0.29, 0.717) is 5.75 Å². The molecule has 2 N–H and O–H groups in total. The van der Waals surface area contributed by atoms with Crippen LogP contribution in [0, 0.1) is 0 Å². The van der Waals surface area contributed by atoms with Gasteiger partial charge in [-0.1, -0.05) is 96.5 Å². The molecule has 1 aromatic carbocycles. The van der Waals surface area contributed by atoms with Gasteiger partial charge in [-0.3, -0.25) is 0 Å². The molecule has 0 atom stereocenters. The Hall–Kier alpha value is -1.22. The van der Waals surface area contributed by atoms with E-state index in [0.717, 1.165) is 18.7 Å². The van der Waals surface area contributed by atoms with Crippen LogP contribution in [-0.4, -0.2) is 18.8 Å². The second kappa shape index (κ2) is 16.9. The summed E-state index contributed by atoms with van der Waals surface area (Å²) in [6.45, 7) is 4.17. The zero-order valence-electron chi connectivity index (χ0n) is 17.9. The van der Waals surface area contributed by atoms with E-state index < -0.39 is 0 Å². The number of rotatable bonds is 18. The Balaban J connectivity index is 1.83. The molecule has 0 bridgehead atoms. The monoisotopic (exact) mass is 377 g/mol. The summed E-state index contributed by atoms with van der Waals surface area (Å²) in [7, 11) is 1.58. The molecule has 0 aromatic heterocycles. The number of phenolic OH excluding ortho intramolecular Hbond substituents is 1. The number of benzene rings is 1. The van der Waals surface area contributed by atoms with Gasteiger partial charge < -0.3 is 15.2 Å². The van der Waals surface area contributed by atoms with E-state index in [1.807, 2.05) is 12.1 Å². The number of methoxy groups -OCH3 is 1. The Labute approximate surface area is 167 Å². The largest absolute Gasteiger partial charge is 0.504 e. The van der Waals surface area contributed by atoms with Gasteiger partial charge in [-0.25, -0.2) is 0 Å². The van der Waals surface area contributed by atoms with Crippen LogP contribution in [0.5, 0.6) is 11.5 Å². The molecule has 0 spiro atoms. The second-order valence-electron chi connectivity index (χ2n) is 7.78. The molecule has 0 amide bonds. The van der Waals surface area contributed by atoms with Crippen LogP contribution in [0.25, 0.3) is 0 Å². The SMILES string of the molecule is CCCCCCCCCCCCCCCCNCc1ccc(O)c(OC)c1. The molecule has 0 aliphatic heterocycles. The molecular weight excluding hydrogens is 334 g/mol. The van der Waals surface area contributed by atoms with E-state index in [1.165, 1.54) is 89.9 Å². The van der Waals surface area contributed by atoms with Crippen LogP contribution in [0.15, 0.2) is 18.2 Å². The van der Waals surface area contributed by atoms with Gasteiger partial charge in [0.1, 0.15) is 0 Å². The first-order valence-electron chi connectivity index (χ1n) is 11.3. The molecule has 1 aromatic rings. The molecule has 156 valence electrons. The Bertz CT molecular complexity index is 462. The highest BCUT2D eigenvalue weighted by atomic mass is 16.5. The first kappa shape index (κ1) is 23.8. The number of unbranched alkanes of at least 4 members (excludes halogenated alkanes) is 13. The number of hydrogen-bond acceptors (Lipinski definition) is 3. The zero-order chi connectivity index (χ0) is 19.6. The van der Waals surface area contributed by atoms with Gasteiger partial charge in [0.05, 0.1) is 7.11 Å². The van der Waals surface area contributed by atoms with Crippen LogP contribution in [0.3, 0.4) is 0 Å². The van der Waals surface area contributed by atoms with Crippen molar-refractivity contribution in [3.63, 3.8) is 0 Å². The molecule has 0 aliphatic carbocycles. The van der Waals surface area contributed by atoms with Gasteiger partial charge in [0.2, 0.25) is 0 Å². The Morgan fingerprint density at radius 3 is 1.81 bits per heavy atom. The summed E-state index contributed by atoms with van der Waals surface area (Å²) in [5.41, 5.74) is 1.15. The number of hydrogen-bond donors (Lipinski definition) is 2. The van der Waals surface area contributed by atoms with E-state index >= 15 is 0 Å². The van der Waals surface area contributed by atoms with Crippen LogP contribution < -0.4 is 10.1 Å². The van der Waals surface area contributed by atoms with Gasteiger partial charge in [-0.2, -0.15) is 0 Å². The van der Waals surface area contributed by atoms with E-state index in [-0.39, 0.29) is 5.75 Å². The number of nitrogens with one attached hydrogen (secondary N) is 1. The molecule has 0 heterocycles. The van der Waals surface area contributed by atoms with Crippen molar-refractivity contribution in [2.75, 3.05) is 13.7 Å². The summed E-state index contributed by atoms with van der Waals surface area (Å²) in [4.78, 5) is 0. The van der Waals surface area contributed by atoms with Crippen LogP contribution in [0.4, 0.5) is 0 Å². The van der Waals surface area contributed by atoms with Gasteiger partial charge in [0, 0.05) is 6.54 Å². The Morgan fingerprint density at radius 2 is 1.30 bits per heavy atom. The van der Waals surface area contributed by atoms with Crippen LogP contribution >= 0.6 is 0 Å². The number of ether oxygens (including phenoxy) is 1. The maximum absolute atomic E-state index is 9.60. The molecular formula is C24H43NO2. The highest BCUT2D eigenvalue weighted by molar-refractivity contribution is 5.41. The van der Waals surface area contributed by atoms with Gasteiger partial charge in [0.25, 0.3) is 0 Å². The minimum atomic E-state index is 0.202. The quantitative estimate of drug-likeness (QED) is 0.271. The average Bonchev–Trinajstić information content (AvgIpc) is 2.68. The van der Waals surface area contributed by atoms with Gasteiger partial charge in [-0.05, 0) is 30.7 Å². The molecule has 27 heavy (non-hydrogen) atoms. The van der Waals surface area contributed by atoms with E-state index in [9.17, 15) is 5.11 Å². The average molecular weight is 378 g/mol. The summed E-state index contributed by atoms with van der Waals surface area (Å²) >= 11 is 0. The van der Waals surface area contributed by atoms with E-state index in [2.05, 4.69) is 12.2 Å². The zero-order valence-corrected chi connectivity index (χ0v) is 17.9. The number of phenols is 1. The molecule has 3 nitrogen and oxygen atoms in total. The summed E-state index contributed by atoms with van der Waals surface area (Å²) in [5, 5.41) is 13.1. The van der Waals surface area contributed by atoms with Crippen LogP contribution in [0.1, 0.15) is 102 Å². The third-order valence-corrected chi connectivity index (χ3v) is 5.28. The maximum Gasteiger partial charge on any atom is 0.160 e. The fourth-order valence-corrected chi connectivity index (χ4v) is 3.51. The highest BCUT2D eigenvalue weighted by Gasteiger charge is 2.02. The summed E-state index contributed by atoms with van der Waals surface area (Å²) in [6, 6.07) is 5.53. The molecule has 0 radical (unpaired) electrons. The lowest BCUT2D eigenvalue weighted by molar-refractivity contribution is 0.372. The van der Waals surface area contributed by atoms with Crippen molar-refractivity contribution in [3.8, 4) is 11.5 Å². The fourth-order valence-electron chi connectivity index (χ4n) is 3.51. The molecule has 0 saturated heterocycles. The molecule has 3 heteroatoms. The standard InChI is InChI=1S/C24H43NO2/c1-3-4-5-6-7-8-9-10-11-12-13-14-15-16-19-25-21-22-17-18-23(26)24(20-22)27-2/h17-18,20,25-26H,3-16,19,21H2,1-2H3. The first-order chi connectivity index (χ1) is 13.3. The third-order valence-electron chi connectivity index (χ3n) is 5.28. The predicted molar refractivity (Wildman–Crippen MR) is 117 cm³/mol. The summed E-state index contributed by atoms with van der Waals surface area (Å²) in [5.74, 6) is 0.749. The fraction of sp³-hybridized carbons (Fsp3) is 0.750. The van der Waals surface area contributed by atoms with Crippen molar-refractivity contribution >= 4 is 0 Å². The minimum Gasteiger partial charge on any atom is -0.504 e. The third kappa shape index (κ3) is 12.7. The smallest absolute Gasteiger partial charge is 0.160 e. The lowest BCUT2D eigenvalue weighted by atomic mass is 10.0. The topological polar surface area (TPSA) is 41.5 Å². The lowest BCUT2D eigenvalue weighted by Crippen LogP contribution is -2.14. The van der Waals surface area contributed by atoms with Crippen LogP contribution in [0.2, 0.25) is 0 Å². The van der Waals surface area contributed by atoms with Crippen molar-refractivity contribution in [1.82, 2.24) is 5.32 Å². The summed E-state index contributed by atoms with van der Waals surface area (Å²) in [6.07, 6.45) is 19.6. The first-order valence-corrected chi connectivity index (χ1v) is 11.3. The molecule has 1 rings (SSSR count). The predicted octanol–water partition coefficient (Wildman–Crippen LogP) is 6.97. The van der Waals surface area contributed by atoms with Crippen molar-refractivity contribution in [2.45, 2.75) is 103 Å². The van der Waals surface area contributed by atoms with Gasteiger partial charge in [-0.15, -0.1) is 0 Å². The highest BCUT2D eigenvalue weighted by Crippen LogP contribution is 2.26. The number of aromatic hydroxyl groups is 1. The van der Waals surface area contributed by atoms with Crippen molar-refractivity contribution in [2.24, 2.45) is 0 Å². The molecule has 0 saturated carbocycles. The normalized spacial score (nSPS) is 11.0. The van der Waals surface area contributed by atoms with Crippen molar-refractivity contribution < 1.29 is 9.84 Å². The molecule has 0 aliphatic rings. The van der Waals surface area contributed by atoms with Crippen molar-refractivity contribution in [3.05, 3.63) is 23.8 Å². The Morgan fingerprint density at radius 1 is 0.778 bits per heavy atom. The molecule has 0 unspecified atom stereocenters. The Kier molecular flexibility index (Phi) is 14.9. The lowest BCUT2D eigenvalue weighted by Gasteiger charge is -2.08.